The van der Waals surface area contributed by atoms with Gasteiger partial charge in [-0.1, -0.05) is 23.2 Å². The molecule has 94 valence electrons. The first-order valence-corrected chi connectivity index (χ1v) is 6.60. The van der Waals surface area contributed by atoms with Gasteiger partial charge in [0, 0.05) is 28.2 Å². The molecule has 1 aliphatic rings. The van der Waals surface area contributed by atoms with Crippen LogP contribution in [-0.4, -0.2) is 11.0 Å². The Hall–Kier alpha value is -1.03. The molecule has 0 aliphatic heterocycles. The highest BCUT2D eigenvalue weighted by Gasteiger charge is 2.21. The van der Waals surface area contributed by atoms with Crippen LogP contribution in [0.15, 0.2) is 29.0 Å². The maximum atomic E-state index is 5.99. The van der Waals surface area contributed by atoms with Gasteiger partial charge in [0.1, 0.15) is 5.69 Å². The summed E-state index contributed by atoms with van der Waals surface area (Å²) in [5.74, 6) is 0.729. The molecule has 0 unspecified atom stereocenters. The van der Waals surface area contributed by atoms with Crippen LogP contribution in [0.5, 0.6) is 0 Å². The molecule has 0 amide bonds. The lowest BCUT2D eigenvalue weighted by atomic mass is 10.1. The minimum absolute atomic E-state index is 0.593. The van der Waals surface area contributed by atoms with Crippen molar-refractivity contribution in [2.24, 2.45) is 0 Å². The van der Waals surface area contributed by atoms with Crippen molar-refractivity contribution in [3.8, 4) is 11.3 Å². The minimum atomic E-state index is 0.593. The van der Waals surface area contributed by atoms with Crippen molar-refractivity contribution in [1.82, 2.24) is 10.3 Å². The molecule has 0 bridgehead atoms. The van der Waals surface area contributed by atoms with Crippen molar-refractivity contribution < 1.29 is 4.42 Å². The molecule has 0 radical (unpaired) electrons. The van der Waals surface area contributed by atoms with E-state index in [4.69, 9.17) is 27.6 Å². The van der Waals surface area contributed by atoms with Crippen LogP contribution in [0.2, 0.25) is 10.0 Å². The zero-order valence-electron chi connectivity index (χ0n) is 9.62. The van der Waals surface area contributed by atoms with E-state index in [0.717, 1.165) is 17.0 Å². The van der Waals surface area contributed by atoms with Gasteiger partial charge < -0.3 is 9.73 Å². The summed E-state index contributed by atoms with van der Waals surface area (Å²) in [6, 6.07) is 5.99. The fraction of sp³-hybridized carbons (Fsp3) is 0.308. The first-order valence-electron chi connectivity index (χ1n) is 5.84. The quantitative estimate of drug-likeness (QED) is 0.924. The van der Waals surface area contributed by atoms with E-state index in [9.17, 15) is 0 Å². The molecular formula is C13H12Cl2N2O. The van der Waals surface area contributed by atoms with E-state index in [1.165, 1.54) is 19.2 Å². The van der Waals surface area contributed by atoms with E-state index in [2.05, 4.69) is 10.3 Å². The SMILES string of the molecule is Clc1cc(Cl)cc(-c2ocnc2CNC2CC2)c1. The number of benzene rings is 1. The molecule has 1 aliphatic carbocycles. The largest absolute Gasteiger partial charge is 0.443 e. The minimum Gasteiger partial charge on any atom is -0.443 e. The fourth-order valence-electron chi connectivity index (χ4n) is 1.84. The molecule has 3 rings (SSSR count). The summed E-state index contributed by atoms with van der Waals surface area (Å²) in [5, 5.41) is 4.60. The summed E-state index contributed by atoms with van der Waals surface area (Å²) >= 11 is 12.0. The van der Waals surface area contributed by atoms with Crippen LogP contribution in [0, 0.1) is 0 Å². The van der Waals surface area contributed by atoms with E-state index in [0.29, 0.717) is 22.6 Å². The van der Waals surface area contributed by atoms with Gasteiger partial charge in [-0.3, -0.25) is 0 Å². The number of hydrogen-bond acceptors (Lipinski definition) is 3. The van der Waals surface area contributed by atoms with Crippen LogP contribution in [-0.2, 0) is 6.54 Å². The van der Waals surface area contributed by atoms with Crippen molar-refractivity contribution >= 4 is 23.2 Å². The molecule has 1 N–H and O–H groups in total. The highest BCUT2D eigenvalue weighted by Crippen LogP contribution is 2.29. The summed E-state index contributed by atoms with van der Waals surface area (Å²) in [7, 11) is 0. The Morgan fingerprint density at radius 2 is 1.94 bits per heavy atom. The smallest absolute Gasteiger partial charge is 0.181 e. The number of rotatable bonds is 4. The molecule has 0 spiro atoms. The molecule has 3 nitrogen and oxygen atoms in total. The van der Waals surface area contributed by atoms with Gasteiger partial charge in [-0.05, 0) is 31.0 Å². The van der Waals surface area contributed by atoms with Gasteiger partial charge >= 0.3 is 0 Å². The van der Waals surface area contributed by atoms with Crippen molar-refractivity contribution in [3.63, 3.8) is 0 Å². The van der Waals surface area contributed by atoms with E-state index in [1.807, 2.05) is 12.1 Å². The molecule has 5 heteroatoms. The molecule has 0 atom stereocenters. The number of nitrogens with zero attached hydrogens (tertiary/aromatic N) is 1. The molecule has 1 heterocycles. The second-order valence-electron chi connectivity index (χ2n) is 4.44. The van der Waals surface area contributed by atoms with E-state index in [1.54, 1.807) is 6.07 Å². The number of oxazole rings is 1. The van der Waals surface area contributed by atoms with Gasteiger partial charge in [-0.25, -0.2) is 4.98 Å². The van der Waals surface area contributed by atoms with Crippen LogP contribution in [0.3, 0.4) is 0 Å². The molecule has 2 aromatic rings. The number of hydrogen-bond donors (Lipinski definition) is 1. The van der Waals surface area contributed by atoms with Gasteiger partial charge in [0.15, 0.2) is 12.2 Å². The predicted molar refractivity (Wildman–Crippen MR) is 71.8 cm³/mol. The molecular weight excluding hydrogens is 271 g/mol. The van der Waals surface area contributed by atoms with E-state index >= 15 is 0 Å². The van der Waals surface area contributed by atoms with Gasteiger partial charge in [0.25, 0.3) is 0 Å². The van der Waals surface area contributed by atoms with Gasteiger partial charge in [-0.15, -0.1) is 0 Å². The first kappa shape index (κ1) is 12.0. The number of nitrogens with one attached hydrogen (secondary N) is 1. The zero-order valence-corrected chi connectivity index (χ0v) is 11.1. The topological polar surface area (TPSA) is 38.1 Å². The van der Waals surface area contributed by atoms with E-state index in [-0.39, 0.29) is 0 Å². The molecule has 1 fully saturated rings. The summed E-state index contributed by atoms with van der Waals surface area (Å²) in [5.41, 5.74) is 1.75. The zero-order chi connectivity index (χ0) is 12.5. The lowest BCUT2D eigenvalue weighted by Gasteiger charge is -2.04. The number of aromatic nitrogens is 1. The Morgan fingerprint density at radius 1 is 1.22 bits per heavy atom. The monoisotopic (exact) mass is 282 g/mol. The van der Waals surface area contributed by atoms with Gasteiger partial charge in [0.05, 0.1) is 0 Å². The van der Waals surface area contributed by atoms with Crippen molar-refractivity contribution in [1.29, 1.82) is 0 Å². The van der Waals surface area contributed by atoms with Crippen LogP contribution >= 0.6 is 23.2 Å². The first-order chi connectivity index (χ1) is 8.72. The lowest BCUT2D eigenvalue weighted by molar-refractivity contribution is 0.569. The molecule has 1 aromatic carbocycles. The Labute approximate surface area is 115 Å². The Balaban J connectivity index is 1.87. The normalized spacial score (nSPS) is 15.0. The third-order valence-corrected chi connectivity index (χ3v) is 3.34. The maximum Gasteiger partial charge on any atom is 0.181 e. The van der Waals surface area contributed by atoms with Gasteiger partial charge in [-0.2, -0.15) is 0 Å². The standard InChI is InChI=1S/C13H12Cl2N2O/c14-9-3-8(4-10(15)5-9)13-12(17-7-18-13)6-16-11-1-2-11/h3-5,7,11,16H,1-2,6H2. The second-order valence-corrected chi connectivity index (χ2v) is 5.31. The van der Waals surface area contributed by atoms with Crippen LogP contribution in [0.4, 0.5) is 0 Å². The maximum absolute atomic E-state index is 5.99. The molecule has 18 heavy (non-hydrogen) atoms. The second kappa shape index (κ2) is 4.92. The number of halogens is 2. The Morgan fingerprint density at radius 3 is 2.61 bits per heavy atom. The molecule has 1 saturated carbocycles. The highest BCUT2D eigenvalue weighted by molar-refractivity contribution is 6.35. The average Bonchev–Trinajstić information content (AvgIpc) is 3.02. The Kier molecular flexibility index (Phi) is 3.29. The summed E-state index contributed by atoms with van der Waals surface area (Å²) in [6.45, 7) is 0.709. The Bertz CT molecular complexity index is 544. The van der Waals surface area contributed by atoms with E-state index < -0.39 is 0 Å². The third kappa shape index (κ3) is 2.69. The lowest BCUT2D eigenvalue weighted by Crippen LogP contribution is -2.15. The summed E-state index contributed by atoms with van der Waals surface area (Å²) in [6.07, 6.45) is 3.94. The van der Waals surface area contributed by atoms with Crippen molar-refractivity contribution in [2.75, 3.05) is 0 Å². The predicted octanol–water partition coefficient (Wildman–Crippen LogP) is 3.90. The van der Waals surface area contributed by atoms with Crippen LogP contribution in [0.1, 0.15) is 18.5 Å². The summed E-state index contributed by atoms with van der Waals surface area (Å²) < 4.78 is 5.44. The van der Waals surface area contributed by atoms with Crippen LogP contribution < -0.4 is 5.32 Å². The van der Waals surface area contributed by atoms with Crippen LogP contribution in [0.25, 0.3) is 11.3 Å². The highest BCUT2D eigenvalue weighted by atomic mass is 35.5. The van der Waals surface area contributed by atoms with Gasteiger partial charge in [0.2, 0.25) is 0 Å². The van der Waals surface area contributed by atoms with Crippen molar-refractivity contribution in [3.05, 3.63) is 40.3 Å². The summed E-state index contributed by atoms with van der Waals surface area (Å²) in [4.78, 5) is 4.24. The fourth-order valence-corrected chi connectivity index (χ4v) is 2.37. The molecule has 0 saturated heterocycles. The van der Waals surface area contributed by atoms with Crippen molar-refractivity contribution in [2.45, 2.75) is 25.4 Å². The average molecular weight is 283 g/mol. The molecule has 1 aromatic heterocycles. The third-order valence-electron chi connectivity index (χ3n) is 2.90.